The molecule has 3 unspecified atom stereocenters. The lowest BCUT2D eigenvalue weighted by Gasteiger charge is -2.26. The van der Waals surface area contributed by atoms with E-state index in [-0.39, 0.29) is 23.8 Å². The Morgan fingerprint density at radius 2 is 2.00 bits per heavy atom. The topological polar surface area (TPSA) is 84.2 Å². The molecule has 4 N–H and O–H groups in total. The van der Waals surface area contributed by atoms with Crippen molar-refractivity contribution in [1.29, 1.82) is 0 Å². The van der Waals surface area contributed by atoms with Crippen LogP contribution in [0.2, 0.25) is 0 Å². The number of nitrogens with two attached hydrogens (primary N) is 1. The first kappa shape index (κ1) is 16.5. The molecule has 5 heteroatoms. The van der Waals surface area contributed by atoms with Gasteiger partial charge in [0.1, 0.15) is 6.04 Å². The average molecular weight is 303 g/mol. The van der Waals surface area contributed by atoms with Crippen LogP contribution in [0.3, 0.4) is 0 Å². The van der Waals surface area contributed by atoms with Gasteiger partial charge in [-0.05, 0) is 31.7 Å². The van der Waals surface area contributed by atoms with Crippen molar-refractivity contribution in [2.24, 2.45) is 11.7 Å². The van der Waals surface area contributed by atoms with E-state index in [1.165, 1.54) is 0 Å². The van der Waals surface area contributed by atoms with Gasteiger partial charge in [0.05, 0.1) is 0 Å². The van der Waals surface area contributed by atoms with Crippen LogP contribution in [0.25, 0.3) is 0 Å². The first-order valence-electron chi connectivity index (χ1n) is 7.94. The van der Waals surface area contributed by atoms with Crippen LogP contribution in [0.15, 0.2) is 30.3 Å². The number of hydrogen-bond donors (Lipinski definition) is 3. The minimum Gasteiger partial charge on any atom is -0.350 e. The van der Waals surface area contributed by atoms with Crippen molar-refractivity contribution in [2.75, 3.05) is 0 Å². The van der Waals surface area contributed by atoms with E-state index in [1.54, 1.807) is 6.92 Å². The van der Waals surface area contributed by atoms with E-state index in [0.717, 1.165) is 24.8 Å². The minimum atomic E-state index is -0.533. The number of nitrogens with one attached hydrogen (secondary N) is 2. The van der Waals surface area contributed by atoms with Crippen molar-refractivity contribution in [1.82, 2.24) is 10.6 Å². The summed E-state index contributed by atoms with van der Waals surface area (Å²) < 4.78 is 0. The molecule has 1 aliphatic carbocycles. The molecule has 1 saturated carbocycles. The number of carbonyl (C=O) groups is 2. The third-order valence-electron chi connectivity index (χ3n) is 4.15. The minimum absolute atomic E-state index is 0.0579. The van der Waals surface area contributed by atoms with Crippen molar-refractivity contribution in [3.63, 3.8) is 0 Å². The van der Waals surface area contributed by atoms with Gasteiger partial charge in [0.15, 0.2) is 0 Å². The molecule has 5 nitrogen and oxygen atoms in total. The number of hydrogen-bond acceptors (Lipinski definition) is 3. The molecular weight excluding hydrogens is 278 g/mol. The molecule has 3 atom stereocenters. The molecule has 0 spiro atoms. The Morgan fingerprint density at radius 1 is 1.27 bits per heavy atom. The van der Waals surface area contributed by atoms with Crippen molar-refractivity contribution >= 4 is 11.8 Å². The molecular formula is C17H25N3O2. The predicted molar refractivity (Wildman–Crippen MR) is 85.8 cm³/mol. The molecule has 22 heavy (non-hydrogen) atoms. The van der Waals surface area contributed by atoms with Crippen molar-refractivity contribution < 1.29 is 9.59 Å². The van der Waals surface area contributed by atoms with Gasteiger partial charge < -0.3 is 16.4 Å². The van der Waals surface area contributed by atoms with Gasteiger partial charge in [-0.15, -0.1) is 0 Å². The number of carbonyl (C=O) groups excluding carboxylic acids is 2. The number of rotatable bonds is 5. The van der Waals surface area contributed by atoms with Gasteiger partial charge in [-0.25, -0.2) is 0 Å². The Hall–Kier alpha value is -1.88. The highest BCUT2D eigenvalue weighted by molar-refractivity contribution is 5.88. The number of amides is 2. The lowest BCUT2D eigenvalue weighted by Crippen LogP contribution is -2.47. The van der Waals surface area contributed by atoms with Crippen molar-refractivity contribution in [2.45, 2.75) is 51.2 Å². The maximum absolute atomic E-state index is 12.2. The van der Waals surface area contributed by atoms with Gasteiger partial charge in [-0.2, -0.15) is 0 Å². The second-order valence-electron chi connectivity index (χ2n) is 6.06. The van der Waals surface area contributed by atoms with E-state index in [4.69, 9.17) is 5.73 Å². The van der Waals surface area contributed by atoms with E-state index in [0.29, 0.717) is 13.0 Å². The summed E-state index contributed by atoms with van der Waals surface area (Å²) in [7, 11) is 0. The lowest BCUT2D eigenvalue weighted by molar-refractivity contribution is -0.131. The highest BCUT2D eigenvalue weighted by atomic mass is 16.2. The van der Waals surface area contributed by atoms with E-state index in [1.807, 2.05) is 30.3 Å². The third kappa shape index (κ3) is 4.84. The fourth-order valence-electron chi connectivity index (χ4n) is 2.80. The first-order chi connectivity index (χ1) is 10.6. The number of benzene rings is 1. The Kier molecular flexibility index (Phi) is 5.95. The summed E-state index contributed by atoms with van der Waals surface area (Å²) in [5.74, 6) is -0.289. The second kappa shape index (κ2) is 7.94. The van der Waals surface area contributed by atoms with Crippen LogP contribution in [-0.4, -0.2) is 23.9 Å². The molecule has 0 aromatic heterocycles. The maximum atomic E-state index is 12.2. The van der Waals surface area contributed by atoms with Crippen LogP contribution < -0.4 is 16.4 Å². The van der Waals surface area contributed by atoms with Crippen LogP contribution in [0.1, 0.15) is 38.2 Å². The van der Waals surface area contributed by atoms with Crippen molar-refractivity contribution in [3.05, 3.63) is 35.9 Å². The fourth-order valence-corrected chi connectivity index (χ4v) is 2.80. The van der Waals surface area contributed by atoms with E-state index >= 15 is 0 Å². The molecule has 2 amide bonds. The Morgan fingerprint density at radius 3 is 2.68 bits per heavy atom. The molecule has 0 heterocycles. The van der Waals surface area contributed by atoms with Gasteiger partial charge in [-0.1, -0.05) is 36.8 Å². The van der Waals surface area contributed by atoms with Crippen LogP contribution in [0.4, 0.5) is 0 Å². The molecule has 1 aromatic carbocycles. The summed E-state index contributed by atoms with van der Waals surface area (Å²) in [4.78, 5) is 24.2. The van der Waals surface area contributed by atoms with Gasteiger partial charge in [-0.3, -0.25) is 9.59 Å². The third-order valence-corrected chi connectivity index (χ3v) is 4.15. The largest absolute Gasteiger partial charge is 0.350 e. The van der Waals surface area contributed by atoms with Gasteiger partial charge in [0, 0.05) is 18.5 Å². The Bertz CT molecular complexity index is 504. The van der Waals surface area contributed by atoms with Crippen LogP contribution in [0.5, 0.6) is 0 Å². The quantitative estimate of drug-likeness (QED) is 0.767. The fraction of sp³-hybridized carbons (Fsp3) is 0.529. The van der Waals surface area contributed by atoms with Gasteiger partial charge in [0.25, 0.3) is 0 Å². The van der Waals surface area contributed by atoms with E-state index in [2.05, 4.69) is 10.6 Å². The van der Waals surface area contributed by atoms with E-state index < -0.39 is 6.04 Å². The zero-order valence-electron chi connectivity index (χ0n) is 13.0. The van der Waals surface area contributed by atoms with Crippen molar-refractivity contribution in [3.8, 4) is 0 Å². The first-order valence-corrected chi connectivity index (χ1v) is 7.94. The monoisotopic (exact) mass is 303 g/mol. The molecule has 0 bridgehead atoms. The molecule has 1 aromatic rings. The Balaban J connectivity index is 1.77. The van der Waals surface area contributed by atoms with Crippen LogP contribution in [-0.2, 0) is 16.1 Å². The van der Waals surface area contributed by atoms with Crippen LogP contribution in [0, 0.1) is 5.92 Å². The van der Waals surface area contributed by atoms with Crippen LogP contribution >= 0.6 is 0 Å². The zero-order valence-corrected chi connectivity index (χ0v) is 13.0. The Labute approximate surface area is 131 Å². The molecule has 1 fully saturated rings. The molecule has 2 rings (SSSR count). The summed E-state index contributed by atoms with van der Waals surface area (Å²) in [6.07, 6.45) is 3.53. The second-order valence-corrected chi connectivity index (χ2v) is 6.06. The average Bonchev–Trinajstić information content (AvgIpc) is 2.53. The zero-order chi connectivity index (χ0) is 15.9. The summed E-state index contributed by atoms with van der Waals surface area (Å²) in [5, 5.41) is 5.64. The van der Waals surface area contributed by atoms with Gasteiger partial charge in [0.2, 0.25) is 11.8 Å². The maximum Gasteiger partial charge on any atom is 0.242 e. The normalized spacial score (nSPS) is 22.6. The SMILES string of the molecule is CC(NC(=O)C1CCCC(N)C1)C(=O)NCc1ccccc1. The summed E-state index contributed by atoms with van der Waals surface area (Å²) >= 11 is 0. The predicted octanol–water partition coefficient (Wildman–Crippen LogP) is 1.33. The highest BCUT2D eigenvalue weighted by Gasteiger charge is 2.27. The summed E-state index contributed by atoms with van der Waals surface area (Å²) in [6, 6.07) is 9.27. The standard InChI is InChI=1S/C17H25N3O2/c1-12(16(21)19-11-13-6-3-2-4-7-13)20-17(22)14-8-5-9-15(18)10-14/h2-4,6-7,12,14-15H,5,8-11,18H2,1H3,(H,19,21)(H,20,22). The molecule has 120 valence electrons. The summed E-state index contributed by atoms with van der Waals surface area (Å²) in [5.41, 5.74) is 6.94. The summed E-state index contributed by atoms with van der Waals surface area (Å²) in [6.45, 7) is 2.18. The lowest BCUT2D eigenvalue weighted by atomic mass is 9.85. The van der Waals surface area contributed by atoms with Gasteiger partial charge >= 0.3 is 0 Å². The highest BCUT2D eigenvalue weighted by Crippen LogP contribution is 2.23. The molecule has 0 aliphatic heterocycles. The van der Waals surface area contributed by atoms with E-state index in [9.17, 15) is 9.59 Å². The molecule has 0 radical (unpaired) electrons. The molecule has 0 saturated heterocycles. The molecule has 1 aliphatic rings. The smallest absolute Gasteiger partial charge is 0.242 e.